The summed E-state index contributed by atoms with van der Waals surface area (Å²) in [5.74, 6) is 0.508. The van der Waals surface area contributed by atoms with Gasteiger partial charge in [-0.2, -0.15) is 4.98 Å². The fraction of sp³-hybridized carbons (Fsp3) is 0.550. The summed E-state index contributed by atoms with van der Waals surface area (Å²) in [5, 5.41) is 6.85. The van der Waals surface area contributed by atoms with E-state index in [2.05, 4.69) is 22.4 Å². The number of rotatable bonds is 8. The molecule has 27 heavy (non-hydrogen) atoms. The second kappa shape index (κ2) is 9.60. The minimum atomic E-state index is -0.310. The lowest BCUT2D eigenvalue weighted by atomic mass is 10.0. The van der Waals surface area contributed by atoms with Crippen LogP contribution in [-0.4, -0.2) is 41.7 Å². The highest BCUT2D eigenvalue weighted by Gasteiger charge is 2.20. The lowest BCUT2D eigenvalue weighted by Gasteiger charge is -2.30. The highest BCUT2D eigenvalue weighted by atomic mass is 19.1. The SMILES string of the molecule is C[C@@H]1CCCC[NH+]1CCCNC(=O)CCc1nc(-c2ccc(F)cc2)no1. The Bertz CT molecular complexity index is 732. The number of hydrogen-bond donors (Lipinski definition) is 2. The molecular formula is C20H28FN4O2+. The van der Waals surface area contributed by atoms with E-state index in [0.29, 0.717) is 36.7 Å². The molecule has 0 spiro atoms. The Labute approximate surface area is 159 Å². The molecule has 1 aromatic heterocycles. The number of quaternary nitrogens is 1. The number of aryl methyl sites for hydroxylation is 1. The van der Waals surface area contributed by atoms with Crippen LogP contribution in [0.25, 0.3) is 11.4 Å². The summed E-state index contributed by atoms with van der Waals surface area (Å²) in [6.07, 6.45) is 5.69. The summed E-state index contributed by atoms with van der Waals surface area (Å²) in [5.41, 5.74) is 0.685. The molecule has 1 saturated heterocycles. The Hall–Kier alpha value is -2.28. The van der Waals surface area contributed by atoms with Gasteiger partial charge in [0.1, 0.15) is 5.82 Å². The van der Waals surface area contributed by atoms with E-state index in [4.69, 9.17) is 4.52 Å². The maximum atomic E-state index is 13.0. The zero-order valence-corrected chi connectivity index (χ0v) is 15.8. The van der Waals surface area contributed by atoms with Gasteiger partial charge in [-0.05, 0) is 50.5 Å². The van der Waals surface area contributed by atoms with Crippen LogP contribution in [0.2, 0.25) is 0 Å². The van der Waals surface area contributed by atoms with Gasteiger partial charge in [-0.25, -0.2) is 4.39 Å². The minimum Gasteiger partial charge on any atom is -0.356 e. The van der Waals surface area contributed by atoms with Crippen molar-refractivity contribution in [2.24, 2.45) is 0 Å². The molecule has 0 radical (unpaired) electrons. The molecule has 1 aliphatic rings. The molecule has 1 amide bonds. The molecule has 146 valence electrons. The van der Waals surface area contributed by atoms with Gasteiger partial charge < -0.3 is 14.7 Å². The molecule has 3 rings (SSSR count). The maximum Gasteiger partial charge on any atom is 0.227 e. The Morgan fingerprint density at radius 2 is 2.15 bits per heavy atom. The molecule has 2 atom stereocenters. The van der Waals surface area contributed by atoms with Gasteiger partial charge in [0.25, 0.3) is 0 Å². The van der Waals surface area contributed by atoms with Gasteiger partial charge in [-0.1, -0.05) is 5.16 Å². The Morgan fingerprint density at radius 3 is 2.93 bits per heavy atom. The largest absolute Gasteiger partial charge is 0.356 e. The van der Waals surface area contributed by atoms with E-state index in [9.17, 15) is 9.18 Å². The van der Waals surface area contributed by atoms with Gasteiger partial charge in [0.05, 0.1) is 19.1 Å². The number of hydrogen-bond acceptors (Lipinski definition) is 4. The zero-order valence-electron chi connectivity index (χ0n) is 15.8. The fourth-order valence-electron chi connectivity index (χ4n) is 3.55. The molecule has 1 fully saturated rings. The molecule has 0 aliphatic carbocycles. The maximum absolute atomic E-state index is 13.0. The number of likely N-dealkylation sites (tertiary alicyclic amines) is 1. The average molecular weight is 375 g/mol. The van der Waals surface area contributed by atoms with Crippen LogP contribution in [0, 0.1) is 5.82 Å². The summed E-state index contributed by atoms with van der Waals surface area (Å²) in [6.45, 7) is 5.40. The van der Waals surface area contributed by atoms with Gasteiger partial charge in [0.15, 0.2) is 0 Å². The van der Waals surface area contributed by atoms with Crippen LogP contribution in [0.15, 0.2) is 28.8 Å². The number of piperidine rings is 1. The lowest BCUT2D eigenvalue weighted by Crippen LogP contribution is -3.16. The van der Waals surface area contributed by atoms with Crippen LogP contribution >= 0.6 is 0 Å². The van der Waals surface area contributed by atoms with E-state index in [0.717, 1.165) is 19.0 Å². The third-order valence-electron chi connectivity index (χ3n) is 5.22. The number of halogens is 1. The molecular weight excluding hydrogens is 347 g/mol. The summed E-state index contributed by atoms with van der Waals surface area (Å²) in [7, 11) is 0. The molecule has 7 heteroatoms. The first-order valence-corrected chi connectivity index (χ1v) is 9.81. The highest BCUT2D eigenvalue weighted by molar-refractivity contribution is 5.75. The standard InChI is InChI=1S/C20H27FN4O2/c1-15-5-2-3-13-25(15)14-4-12-22-18(26)10-11-19-23-20(24-27-19)16-6-8-17(21)9-7-16/h6-9,15H,2-5,10-14H2,1H3,(H,22,26)/p+1/t15-/m1/s1. The molecule has 2 aromatic rings. The predicted octanol–water partition coefficient (Wildman–Crippen LogP) is 1.77. The van der Waals surface area contributed by atoms with Crippen molar-refractivity contribution < 1.29 is 18.6 Å². The van der Waals surface area contributed by atoms with E-state index < -0.39 is 0 Å². The normalized spacial score (nSPS) is 19.8. The minimum absolute atomic E-state index is 0.00164. The van der Waals surface area contributed by atoms with Crippen molar-refractivity contribution in [2.45, 2.75) is 51.5 Å². The Kier molecular flexibility index (Phi) is 6.92. The first-order valence-electron chi connectivity index (χ1n) is 9.81. The van der Waals surface area contributed by atoms with Crippen molar-refractivity contribution in [2.75, 3.05) is 19.6 Å². The van der Waals surface area contributed by atoms with Gasteiger partial charge >= 0.3 is 0 Å². The molecule has 1 aliphatic heterocycles. The molecule has 6 nitrogen and oxygen atoms in total. The van der Waals surface area contributed by atoms with Gasteiger partial charge in [0, 0.05) is 31.4 Å². The van der Waals surface area contributed by atoms with Crippen LogP contribution in [0.5, 0.6) is 0 Å². The molecule has 1 aromatic carbocycles. The van der Waals surface area contributed by atoms with E-state index in [1.807, 2.05) is 0 Å². The van der Waals surface area contributed by atoms with E-state index in [1.165, 1.54) is 37.9 Å². The zero-order chi connectivity index (χ0) is 19.1. The van der Waals surface area contributed by atoms with E-state index >= 15 is 0 Å². The van der Waals surface area contributed by atoms with E-state index in [1.54, 1.807) is 17.0 Å². The number of aromatic nitrogens is 2. The summed E-state index contributed by atoms with van der Waals surface area (Å²) < 4.78 is 18.1. The topological polar surface area (TPSA) is 72.5 Å². The molecule has 0 saturated carbocycles. The van der Waals surface area contributed by atoms with E-state index in [-0.39, 0.29) is 11.7 Å². The van der Waals surface area contributed by atoms with Crippen LogP contribution < -0.4 is 10.2 Å². The summed E-state index contributed by atoms with van der Waals surface area (Å²) in [4.78, 5) is 17.9. The summed E-state index contributed by atoms with van der Waals surface area (Å²) in [6, 6.07) is 6.64. The predicted molar refractivity (Wildman–Crippen MR) is 99.6 cm³/mol. The first kappa shape index (κ1) is 19.5. The number of amides is 1. The fourth-order valence-corrected chi connectivity index (χ4v) is 3.55. The monoisotopic (exact) mass is 375 g/mol. The van der Waals surface area contributed by atoms with Crippen LogP contribution in [0.4, 0.5) is 4.39 Å². The first-order chi connectivity index (χ1) is 13.1. The highest BCUT2D eigenvalue weighted by Crippen LogP contribution is 2.16. The van der Waals surface area contributed by atoms with Crippen molar-refractivity contribution >= 4 is 5.91 Å². The van der Waals surface area contributed by atoms with Crippen molar-refractivity contribution in [1.82, 2.24) is 15.5 Å². The third-order valence-corrected chi connectivity index (χ3v) is 5.22. The van der Waals surface area contributed by atoms with Gasteiger partial charge in [-0.15, -0.1) is 0 Å². The van der Waals surface area contributed by atoms with Crippen molar-refractivity contribution in [3.8, 4) is 11.4 Å². The van der Waals surface area contributed by atoms with Crippen LogP contribution in [0.1, 0.15) is 44.9 Å². The third kappa shape index (κ3) is 5.85. The Balaban J connectivity index is 1.35. The number of carbonyl (C=O) groups is 1. The quantitative estimate of drug-likeness (QED) is 0.690. The van der Waals surface area contributed by atoms with Crippen molar-refractivity contribution in [1.29, 1.82) is 0 Å². The van der Waals surface area contributed by atoms with Crippen LogP contribution in [-0.2, 0) is 11.2 Å². The molecule has 0 bridgehead atoms. The smallest absolute Gasteiger partial charge is 0.227 e. The number of nitrogens with zero attached hydrogens (tertiary/aromatic N) is 2. The number of benzene rings is 1. The van der Waals surface area contributed by atoms with Crippen molar-refractivity contribution in [3.05, 3.63) is 36.0 Å². The Morgan fingerprint density at radius 1 is 1.33 bits per heavy atom. The van der Waals surface area contributed by atoms with Crippen LogP contribution in [0.3, 0.4) is 0 Å². The lowest BCUT2D eigenvalue weighted by molar-refractivity contribution is -0.928. The van der Waals surface area contributed by atoms with Gasteiger partial charge in [0.2, 0.25) is 17.6 Å². The molecule has 1 unspecified atom stereocenters. The number of carbonyl (C=O) groups excluding carboxylic acids is 1. The second-order valence-electron chi connectivity index (χ2n) is 7.28. The number of nitrogens with one attached hydrogen (secondary N) is 2. The molecule has 2 N–H and O–H groups in total. The second-order valence-corrected chi connectivity index (χ2v) is 7.28. The van der Waals surface area contributed by atoms with Crippen molar-refractivity contribution in [3.63, 3.8) is 0 Å². The average Bonchev–Trinajstić information content (AvgIpc) is 3.14. The van der Waals surface area contributed by atoms with Gasteiger partial charge in [-0.3, -0.25) is 4.79 Å². The summed E-state index contributed by atoms with van der Waals surface area (Å²) >= 11 is 0. The molecule has 2 heterocycles.